The third kappa shape index (κ3) is 4.74. The third-order valence-electron chi connectivity index (χ3n) is 3.44. The van der Waals surface area contributed by atoms with Gasteiger partial charge in [0.25, 0.3) is 5.91 Å². The maximum atomic E-state index is 12.2. The van der Waals surface area contributed by atoms with Crippen LogP contribution in [0.5, 0.6) is 11.5 Å². The Morgan fingerprint density at radius 1 is 1.13 bits per heavy atom. The maximum absolute atomic E-state index is 12.2. The molecule has 4 heteroatoms. The lowest BCUT2D eigenvalue weighted by atomic mass is 10.1. The fourth-order valence-corrected chi connectivity index (χ4v) is 2.22. The molecule has 2 aromatic carbocycles. The van der Waals surface area contributed by atoms with Gasteiger partial charge in [0.05, 0.1) is 6.61 Å². The Balaban J connectivity index is 1.96. The molecule has 0 fully saturated rings. The van der Waals surface area contributed by atoms with E-state index in [1.165, 1.54) is 5.56 Å². The first-order chi connectivity index (χ1) is 11.0. The summed E-state index contributed by atoms with van der Waals surface area (Å²) in [6, 6.07) is 13.2. The van der Waals surface area contributed by atoms with Gasteiger partial charge in [0.1, 0.15) is 11.5 Å². The molecule has 1 amide bonds. The van der Waals surface area contributed by atoms with Crippen LogP contribution in [0.2, 0.25) is 0 Å². The lowest BCUT2D eigenvalue weighted by Gasteiger charge is -2.16. The standard InChI is InChI=1S/C19H23NO3/c1-5-22-17-9-7-16(8-10-17)20-19(21)15(4)23-18-11-6-13(2)12-14(18)3/h6-12,15H,5H2,1-4H3,(H,20,21)/t15-/m1/s1. The van der Waals surface area contributed by atoms with Gasteiger partial charge in [-0.1, -0.05) is 17.7 Å². The van der Waals surface area contributed by atoms with Gasteiger partial charge >= 0.3 is 0 Å². The molecule has 0 aliphatic carbocycles. The van der Waals surface area contributed by atoms with Crippen LogP contribution in [-0.4, -0.2) is 18.6 Å². The summed E-state index contributed by atoms with van der Waals surface area (Å²) in [7, 11) is 0. The maximum Gasteiger partial charge on any atom is 0.265 e. The zero-order valence-corrected chi connectivity index (χ0v) is 14.1. The van der Waals surface area contributed by atoms with Crippen molar-refractivity contribution in [2.75, 3.05) is 11.9 Å². The van der Waals surface area contributed by atoms with Crippen LogP contribution < -0.4 is 14.8 Å². The van der Waals surface area contributed by atoms with Crippen molar-refractivity contribution in [2.45, 2.75) is 33.8 Å². The average Bonchev–Trinajstić information content (AvgIpc) is 2.52. The van der Waals surface area contributed by atoms with Crippen LogP contribution in [0.3, 0.4) is 0 Å². The number of carbonyl (C=O) groups is 1. The Morgan fingerprint density at radius 3 is 2.43 bits per heavy atom. The molecular weight excluding hydrogens is 290 g/mol. The Kier molecular flexibility index (Phi) is 5.63. The van der Waals surface area contributed by atoms with Gasteiger partial charge in [0.15, 0.2) is 6.10 Å². The highest BCUT2D eigenvalue weighted by molar-refractivity contribution is 5.94. The summed E-state index contributed by atoms with van der Waals surface area (Å²) in [6.45, 7) is 8.29. The van der Waals surface area contributed by atoms with Gasteiger partial charge in [-0.15, -0.1) is 0 Å². The number of rotatable bonds is 6. The molecule has 2 rings (SSSR count). The molecule has 0 heterocycles. The number of nitrogens with one attached hydrogen (secondary N) is 1. The molecule has 0 saturated carbocycles. The molecule has 0 radical (unpaired) electrons. The zero-order chi connectivity index (χ0) is 16.8. The summed E-state index contributed by atoms with van der Waals surface area (Å²) < 4.78 is 11.1. The molecule has 0 bridgehead atoms. The Hall–Kier alpha value is -2.49. The molecule has 1 N–H and O–H groups in total. The van der Waals surface area contributed by atoms with E-state index in [1.54, 1.807) is 6.92 Å². The quantitative estimate of drug-likeness (QED) is 0.873. The predicted molar refractivity (Wildman–Crippen MR) is 92.2 cm³/mol. The van der Waals surface area contributed by atoms with Crippen molar-refractivity contribution in [1.29, 1.82) is 0 Å². The van der Waals surface area contributed by atoms with Crippen molar-refractivity contribution in [1.82, 2.24) is 0 Å². The summed E-state index contributed by atoms with van der Waals surface area (Å²) in [4.78, 5) is 12.2. The largest absolute Gasteiger partial charge is 0.494 e. The second-order valence-corrected chi connectivity index (χ2v) is 5.48. The minimum atomic E-state index is -0.581. The van der Waals surface area contributed by atoms with E-state index < -0.39 is 6.10 Å². The Bertz CT molecular complexity index is 665. The van der Waals surface area contributed by atoms with Crippen LogP contribution in [-0.2, 0) is 4.79 Å². The first kappa shape index (κ1) is 16.9. The molecule has 2 aromatic rings. The van der Waals surface area contributed by atoms with Crippen LogP contribution in [0.4, 0.5) is 5.69 Å². The number of benzene rings is 2. The number of aryl methyl sites for hydroxylation is 2. The molecule has 0 aliphatic rings. The fraction of sp³-hybridized carbons (Fsp3) is 0.316. The minimum Gasteiger partial charge on any atom is -0.494 e. The number of carbonyl (C=O) groups excluding carboxylic acids is 1. The number of hydrogen-bond acceptors (Lipinski definition) is 3. The van der Waals surface area contributed by atoms with Gasteiger partial charge in [-0.3, -0.25) is 4.79 Å². The molecule has 0 unspecified atom stereocenters. The Morgan fingerprint density at radius 2 is 1.83 bits per heavy atom. The smallest absolute Gasteiger partial charge is 0.265 e. The first-order valence-electron chi connectivity index (χ1n) is 7.77. The van der Waals surface area contributed by atoms with Crippen molar-refractivity contribution in [2.24, 2.45) is 0 Å². The van der Waals surface area contributed by atoms with Crippen LogP contribution in [0.25, 0.3) is 0 Å². The highest BCUT2D eigenvalue weighted by atomic mass is 16.5. The second kappa shape index (κ2) is 7.68. The van der Waals surface area contributed by atoms with E-state index in [0.29, 0.717) is 6.61 Å². The van der Waals surface area contributed by atoms with Crippen LogP contribution in [0, 0.1) is 13.8 Å². The number of ether oxygens (including phenoxy) is 2. The van der Waals surface area contributed by atoms with Gasteiger partial charge in [-0.25, -0.2) is 0 Å². The highest BCUT2D eigenvalue weighted by Gasteiger charge is 2.16. The molecule has 0 aromatic heterocycles. The van der Waals surface area contributed by atoms with Gasteiger partial charge in [-0.05, 0) is 63.6 Å². The summed E-state index contributed by atoms with van der Waals surface area (Å²) in [6.07, 6.45) is -0.581. The van der Waals surface area contributed by atoms with E-state index in [0.717, 1.165) is 22.7 Å². The molecule has 122 valence electrons. The van der Waals surface area contributed by atoms with Gasteiger partial charge in [-0.2, -0.15) is 0 Å². The van der Waals surface area contributed by atoms with Crippen LogP contribution >= 0.6 is 0 Å². The third-order valence-corrected chi connectivity index (χ3v) is 3.44. The summed E-state index contributed by atoms with van der Waals surface area (Å²) in [5.41, 5.74) is 2.90. The van der Waals surface area contributed by atoms with E-state index in [2.05, 4.69) is 5.32 Å². The van der Waals surface area contributed by atoms with E-state index in [1.807, 2.05) is 63.2 Å². The number of hydrogen-bond donors (Lipinski definition) is 1. The average molecular weight is 313 g/mol. The van der Waals surface area contributed by atoms with Crippen molar-refractivity contribution >= 4 is 11.6 Å². The highest BCUT2D eigenvalue weighted by Crippen LogP contribution is 2.21. The predicted octanol–water partition coefficient (Wildman–Crippen LogP) is 4.11. The second-order valence-electron chi connectivity index (χ2n) is 5.48. The van der Waals surface area contributed by atoms with Crippen molar-refractivity contribution < 1.29 is 14.3 Å². The van der Waals surface area contributed by atoms with E-state index >= 15 is 0 Å². The zero-order valence-electron chi connectivity index (χ0n) is 14.1. The van der Waals surface area contributed by atoms with Crippen molar-refractivity contribution in [3.05, 3.63) is 53.6 Å². The van der Waals surface area contributed by atoms with E-state index in [9.17, 15) is 4.79 Å². The molecule has 0 spiro atoms. The monoisotopic (exact) mass is 313 g/mol. The number of anilines is 1. The van der Waals surface area contributed by atoms with Gasteiger partial charge < -0.3 is 14.8 Å². The molecule has 0 aliphatic heterocycles. The number of amides is 1. The lowest BCUT2D eigenvalue weighted by molar-refractivity contribution is -0.122. The molecule has 23 heavy (non-hydrogen) atoms. The van der Waals surface area contributed by atoms with E-state index in [4.69, 9.17) is 9.47 Å². The van der Waals surface area contributed by atoms with Gasteiger partial charge in [0.2, 0.25) is 0 Å². The first-order valence-corrected chi connectivity index (χ1v) is 7.77. The Labute approximate surface area is 137 Å². The van der Waals surface area contributed by atoms with Crippen molar-refractivity contribution in [3.63, 3.8) is 0 Å². The minimum absolute atomic E-state index is 0.186. The summed E-state index contributed by atoms with van der Waals surface area (Å²) in [5, 5.41) is 2.84. The topological polar surface area (TPSA) is 47.6 Å². The summed E-state index contributed by atoms with van der Waals surface area (Å²) in [5.74, 6) is 1.32. The van der Waals surface area contributed by atoms with Crippen molar-refractivity contribution in [3.8, 4) is 11.5 Å². The molecule has 1 atom stereocenters. The molecule has 0 saturated heterocycles. The lowest BCUT2D eigenvalue weighted by Crippen LogP contribution is -2.30. The van der Waals surface area contributed by atoms with E-state index in [-0.39, 0.29) is 5.91 Å². The summed E-state index contributed by atoms with van der Waals surface area (Å²) >= 11 is 0. The fourth-order valence-electron chi connectivity index (χ4n) is 2.22. The molecule has 4 nitrogen and oxygen atoms in total. The van der Waals surface area contributed by atoms with Crippen LogP contribution in [0.15, 0.2) is 42.5 Å². The van der Waals surface area contributed by atoms with Gasteiger partial charge in [0, 0.05) is 5.69 Å². The SMILES string of the molecule is CCOc1ccc(NC(=O)[C@@H](C)Oc2ccc(C)cc2C)cc1. The van der Waals surface area contributed by atoms with Crippen LogP contribution in [0.1, 0.15) is 25.0 Å². The molecular formula is C19H23NO3. The normalized spacial score (nSPS) is 11.7.